The highest BCUT2D eigenvalue weighted by Crippen LogP contribution is 2.44. The third-order valence-corrected chi connectivity index (χ3v) is 6.51. The SMILES string of the molecule is COc1cc(/C=C2\Oc3c(cc4c(c3C)OCN(Cc3ccc(C)cc3)C4)C2=O)cc(OC)c1OC. The zero-order valence-electron chi connectivity index (χ0n) is 21.1. The summed E-state index contributed by atoms with van der Waals surface area (Å²) in [6, 6.07) is 14.0. The Morgan fingerprint density at radius 1 is 0.944 bits per heavy atom. The molecule has 36 heavy (non-hydrogen) atoms. The molecule has 2 heterocycles. The van der Waals surface area contributed by atoms with E-state index in [1.54, 1.807) is 39.5 Å². The summed E-state index contributed by atoms with van der Waals surface area (Å²) >= 11 is 0. The Balaban J connectivity index is 1.43. The number of ketones is 1. The van der Waals surface area contributed by atoms with Gasteiger partial charge in [-0.05, 0) is 49.2 Å². The summed E-state index contributed by atoms with van der Waals surface area (Å²) in [5.74, 6) is 2.89. The number of rotatable bonds is 6. The maximum absolute atomic E-state index is 13.3. The van der Waals surface area contributed by atoms with Crippen molar-refractivity contribution in [2.24, 2.45) is 0 Å². The van der Waals surface area contributed by atoms with Gasteiger partial charge >= 0.3 is 0 Å². The van der Waals surface area contributed by atoms with Crippen LogP contribution in [-0.4, -0.2) is 38.7 Å². The van der Waals surface area contributed by atoms with Gasteiger partial charge in [0, 0.05) is 24.2 Å². The molecule has 5 rings (SSSR count). The molecule has 2 aliphatic rings. The maximum atomic E-state index is 13.3. The van der Waals surface area contributed by atoms with Gasteiger partial charge in [-0.15, -0.1) is 0 Å². The van der Waals surface area contributed by atoms with Crippen LogP contribution < -0.4 is 23.7 Å². The molecule has 0 atom stereocenters. The lowest BCUT2D eigenvalue weighted by molar-refractivity contribution is 0.0876. The first-order valence-corrected chi connectivity index (χ1v) is 11.7. The van der Waals surface area contributed by atoms with Crippen LogP contribution in [0.2, 0.25) is 0 Å². The molecule has 0 unspecified atom stereocenters. The van der Waals surface area contributed by atoms with Crippen molar-refractivity contribution in [3.63, 3.8) is 0 Å². The van der Waals surface area contributed by atoms with Crippen LogP contribution in [0.15, 0.2) is 48.2 Å². The van der Waals surface area contributed by atoms with Crippen LogP contribution in [0.1, 0.15) is 38.2 Å². The van der Waals surface area contributed by atoms with Gasteiger partial charge in [-0.25, -0.2) is 0 Å². The quantitative estimate of drug-likeness (QED) is 0.437. The fourth-order valence-electron chi connectivity index (χ4n) is 4.69. The highest BCUT2D eigenvalue weighted by atomic mass is 16.5. The van der Waals surface area contributed by atoms with Gasteiger partial charge in [0.2, 0.25) is 11.5 Å². The van der Waals surface area contributed by atoms with Crippen molar-refractivity contribution in [3.8, 4) is 28.7 Å². The Morgan fingerprint density at radius 3 is 2.28 bits per heavy atom. The van der Waals surface area contributed by atoms with Gasteiger partial charge < -0.3 is 23.7 Å². The Bertz CT molecular complexity index is 1330. The number of aryl methyl sites for hydroxylation is 1. The molecule has 0 aromatic heterocycles. The maximum Gasteiger partial charge on any atom is 0.231 e. The number of hydrogen-bond donors (Lipinski definition) is 0. The molecule has 0 fully saturated rings. The van der Waals surface area contributed by atoms with Gasteiger partial charge in [0.1, 0.15) is 18.2 Å². The molecule has 0 N–H and O–H groups in total. The van der Waals surface area contributed by atoms with Crippen LogP contribution in [0, 0.1) is 13.8 Å². The van der Waals surface area contributed by atoms with Crippen molar-refractivity contribution in [1.82, 2.24) is 4.90 Å². The summed E-state index contributed by atoms with van der Waals surface area (Å²) in [6.07, 6.45) is 1.69. The number of hydrogen-bond acceptors (Lipinski definition) is 7. The summed E-state index contributed by atoms with van der Waals surface area (Å²) in [6.45, 7) is 5.95. The van der Waals surface area contributed by atoms with E-state index in [1.165, 1.54) is 11.1 Å². The molecular formula is C29H29NO6. The van der Waals surface area contributed by atoms with Crippen LogP contribution in [0.5, 0.6) is 28.7 Å². The molecule has 186 valence electrons. The molecule has 0 saturated carbocycles. The number of carbonyl (C=O) groups is 1. The minimum Gasteiger partial charge on any atom is -0.493 e. The Hall–Kier alpha value is -3.97. The zero-order chi connectivity index (χ0) is 25.4. The first-order valence-electron chi connectivity index (χ1n) is 11.7. The van der Waals surface area contributed by atoms with Crippen LogP contribution >= 0.6 is 0 Å². The zero-order valence-corrected chi connectivity index (χ0v) is 21.1. The lowest BCUT2D eigenvalue weighted by atomic mass is 9.99. The normalized spacial score (nSPS) is 15.7. The molecule has 0 saturated heterocycles. The van der Waals surface area contributed by atoms with Crippen molar-refractivity contribution in [2.75, 3.05) is 28.1 Å². The fraction of sp³-hybridized carbons (Fsp3) is 0.276. The van der Waals surface area contributed by atoms with E-state index in [1.807, 2.05) is 13.0 Å². The van der Waals surface area contributed by atoms with E-state index < -0.39 is 0 Å². The van der Waals surface area contributed by atoms with Crippen LogP contribution in [0.3, 0.4) is 0 Å². The van der Waals surface area contributed by atoms with Crippen LogP contribution in [0.4, 0.5) is 0 Å². The number of allylic oxidation sites excluding steroid dienone is 1. The fourth-order valence-corrected chi connectivity index (χ4v) is 4.69. The second-order valence-electron chi connectivity index (χ2n) is 9.01. The Kier molecular flexibility index (Phi) is 6.33. The smallest absolute Gasteiger partial charge is 0.231 e. The number of Topliss-reactive ketones (excluding diaryl/α,β-unsaturated/α-hetero) is 1. The van der Waals surface area contributed by atoms with Gasteiger partial charge in [-0.1, -0.05) is 29.8 Å². The molecule has 7 nitrogen and oxygen atoms in total. The molecular weight excluding hydrogens is 458 g/mol. The van der Waals surface area contributed by atoms with E-state index >= 15 is 0 Å². The standard InChI is InChI=1S/C29H29NO6/c1-17-6-8-19(9-7-17)14-30-15-21-13-22-26(31)23(36-28(22)18(2)27(21)35-16-30)10-20-11-24(32-3)29(34-5)25(12-20)33-4/h6-13H,14-16H2,1-5H3/b23-10-. The molecule has 0 aliphatic carbocycles. The van der Waals surface area contributed by atoms with E-state index in [0.717, 1.165) is 23.4 Å². The van der Waals surface area contributed by atoms with Crippen molar-refractivity contribution in [1.29, 1.82) is 0 Å². The van der Waals surface area contributed by atoms with Gasteiger partial charge in [-0.3, -0.25) is 9.69 Å². The summed E-state index contributed by atoms with van der Waals surface area (Å²) in [4.78, 5) is 15.6. The number of ether oxygens (including phenoxy) is 5. The van der Waals surface area contributed by atoms with Gasteiger partial charge in [0.05, 0.1) is 26.9 Å². The van der Waals surface area contributed by atoms with E-state index in [0.29, 0.717) is 47.4 Å². The predicted octanol–water partition coefficient (Wildman–Crippen LogP) is 5.30. The van der Waals surface area contributed by atoms with Crippen LogP contribution in [0.25, 0.3) is 6.08 Å². The van der Waals surface area contributed by atoms with E-state index in [9.17, 15) is 4.79 Å². The Morgan fingerprint density at radius 2 is 1.64 bits per heavy atom. The number of fused-ring (bicyclic) bond motifs is 2. The molecule has 0 radical (unpaired) electrons. The second-order valence-corrected chi connectivity index (χ2v) is 9.01. The van der Waals surface area contributed by atoms with Crippen molar-refractivity contribution in [3.05, 3.63) is 81.6 Å². The number of nitrogens with zero attached hydrogens (tertiary/aromatic N) is 1. The second kappa shape index (κ2) is 9.59. The number of carbonyl (C=O) groups excluding carboxylic acids is 1. The number of methoxy groups -OCH3 is 3. The van der Waals surface area contributed by atoms with Crippen LogP contribution in [-0.2, 0) is 13.1 Å². The van der Waals surface area contributed by atoms with Gasteiger partial charge in [0.25, 0.3) is 0 Å². The topological polar surface area (TPSA) is 66.5 Å². The van der Waals surface area contributed by atoms with E-state index in [-0.39, 0.29) is 11.5 Å². The van der Waals surface area contributed by atoms with E-state index in [4.69, 9.17) is 23.7 Å². The number of benzene rings is 3. The molecule has 0 spiro atoms. The third-order valence-electron chi connectivity index (χ3n) is 6.51. The third kappa shape index (κ3) is 4.27. The lowest BCUT2D eigenvalue weighted by Crippen LogP contribution is -2.32. The Labute approximate surface area is 210 Å². The predicted molar refractivity (Wildman–Crippen MR) is 136 cm³/mol. The van der Waals surface area contributed by atoms with Crippen molar-refractivity contribution >= 4 is 11.9 Å². The van der Waals surface area contributed by atoms with E-state index in [2.05, 4.69) is 36.1 Å². The van der Waals surface area contributed by atoms with Crippen molar-refractivity contribution < 1.29 is 28.5 Å². The molecule has 3 aromatic rings. The van der Waals surface area contributed by atoms with Crippen molar-refractivity contribution in [2.45, 2.75) is 26.9 Å². The minimum absolute atomic E-state index is 0.166. The molecule has 2 aliphatic heterocycles. The first kappa shape index (κ1) is 23.8. The average molecular weight is 488 g/mol. The summed E-state index contributed by atoms with van der Waals surface area (Å²) in [5, 5.41) is 0. The lowest BCUT2D eigenvalue weighted by Gasteiger charge is -2.30. The van der Waals surface area contributed by atoms with Gasteiger partial charge in [0.15, 0.2) is 17.3 Å². The highest BCUT2D eigenvalue weighted by Gasteiger charge is 2.33. The average Bonchev–Trinajstić information content (AvgIpc) is 3.19. The first-order chi connectivity index (χ1) is 17.4. The monoisotopic (exact) mass is 487 g/mol. The minimum atomic E-state index is -0.166. The summed E-state index contributed by atoms with van der Waals surface area (Å²) in [7, 11) is 4.65. The van der Waals surface area contributed by atoms with Gasteiger partial charge in [-0.2, -0.15) is 0 Å². The molecule has 0 amide bonds. The molecule has 7 heteroatoms. The highest BCUT2D eigenvalue weighted by molar-refractivity contribution is 6.15. The largest absolute Gasteiger partial charge is 0.493 e. The summed E-state index contributed by atoms with van der Waals surface area (Å²) < 4.78 is 28.5. The molecule has 0 bridgehead atoms. The summed E-state index contributed by atoms with van der Waals surface area (Å²) in [5.41, 5.74) is 5.52. The molecule has 3 aromatic carbocycles.